The normalized spacial score (nSPS) is 14.0. The summed E-state index contributed by atoms with van der Waals surface area (Å²) in [5.41, 5.74) is 5.95. The first kappa shape index (κ1) is 22.3. The average Bonchev–Trinajstić information content (AvgIpc) is 2.83. The Kier molecular flexibility index (Phi) is 6.05. The standard InChI is InChI=1S/C28H27NO4/c1-28(2)15-14-21(18-8-6-5-7-9-18)23-16-19(10-13-24(23)28)26(30)29-20-11-12-22(27(31)33-4)25(17-20)32-3/h5-14,16-17H,15H2,1-4H3,(H,29,30). The molecular formula is C28H27NO4. The number of nitrogens with one attached hydrogen (secondary N) is 1. The van der Waals surface area contributed by atoms with Crippen LogP contribution in [-0.2, 0) is 10.2 Å². The summed E-state index contributed by atoms with van der Waals surface area (Å²) in [5.74, 6) is -0.398. The molecule has 0 spiro atoms. The largest absolute Gasteiger partial charge is 0.496 e. The molecule has 0 unspecified atom stereocenters. The van der Waals surface area contributed by atoms with Crippen LogP contribution in [0.3, 0.4) is 0 Å². The summed E-state index contributed by atoms with van der Waals surface area (Å²) in [7, 11) is 2.78. The van der Waals surface area contributed by atoms with E-state index in [1.54, 1.807) is 18.2 Å². The summed E-state index contributed by atoms with van der Waals surface area (Å²) in [4.78, 5) is 25.0. The number of allylic oxidation sites excluding steroid dienone is 1. The number of methoxy groups -OCH3 is 2. The lowest BCUT2D eigenvalue weighted by molar-refractivity contribution is 0.0597. The first-order chi connectivity index (χ1) is 15.8. The van der Waals surface area contributed by atoms with E-state index in [1.807, 2.05) is 30.3 Å². The number of benzene rings is 3. The first-order valence-electron chi connectivity index (χ1n) is 10.8. The predicted molar refractivity (Wildman–Crippen MR) is 130 cm³/mol. The number of rotatable bonds is 5. The summed E-state index contributed by atoms with van der Waals surface area (Å²) in [5, 5.41) is 2.91. The average molecular weight is 442 g/mol. The molecule has 1 amide bonds. The molecule has 3 aromatic carbocycles. The number of hydrogen-bond donors (Lipinski definition) is 1. The maximum Gasteiger partial charge on any atom is 0.341 e. The van der Waals surface area contributed by atoms with Gasteiger partial charge in [0.05, 0.1) is 14.2 Å². The highest BCUT2D eigenvalue weighted by Gasteiger charge is 2.29. The van der Waals surface area contributed by atoms with Crippen LogP contribution in [0.4, 0.5) is 5.69 Å². The molecule has 0 fully saturated rings. The van der Waals surface area contributed by atoms with Gasteiger partial charge in [-0.25, -0.2) is 4.79 Å². The lowest BCUT2D eigenvalue weighted by atomic mass is 9.72. The van der Waals surface area contributed by atoms with Gasteiger partial charge in [0.2, 0.25) is 0 Å². The maximum atomic E-state index is 13.1. The number of esters is 1. The van der Waals surface area contributed by atoms with Gasteiger partial charge in [-0.3, -0.25) is 4.79 Å². The van der Waals surface area contributed by atoms with E-state index in [-0.39, 0.29) is 11.3 Å². The van der Waals surface area contributed by atoms with E-state index < -0.39 is 5.97 Å². The monoisotopic (exact) mass is 441 g/mol. The Morgan fingerprint density at radius 2 is 1.70 bits per heavy atom. The fourth-order valence-electron chi connectivity index (χ4n) is 4.22. The van der Waals surface area contributed by atoms with Crippen LogP contribution in [0, 0.1) is 0 Å². The molecule has 0 heterocycles. The number of carbonyl (C=O) groups excluding carboxylic acids is 2. The quantitative estimate of drug-likeness (QED) is 0.505. The molecule has 0 bridgehead atoms. The summed E-state index contributed by atoms with van der Waals surface area (Å²) in [6.07, 6.45) is 3.19. The molecule has 168 valence electrons. The second-order valence-electron chi connectivity index (χ2n) is 8.69. The zero-order chi connectivity index (χ0) is 23.6. The van der Waals surface area contributed by atoms with Gasteiger partial charge < -0.3 is 14.8 Å². The number of carbonyl (C=O) groups is 2. The van der Waals surface area contributed by atoms with Crippen molar-refractivity contribution in [2.24, 2.45) is 0 Å². The van der Waals surface area contributed by atoms with E-state index in [0.29, 0.717) is 22.6 Å². The van der Waals surface area contributed by atoms with Gasteiger partial charge in [-0.15, -0.1) is 0 Å². The van der Waals surface area contributed by atoms with E-state index in [9.17, 15) is 9.59 Å². The van der Waals surface area contributed by atoms with Crippen molar-refractivity contribution in [3.05, 3.63) is 101 Å². The molecule has 5 nitrogen and oxygen atoms in total. The molecule has 3 aromatic rings. The van der Waals surface area contributed by atoms with Crippen LogP contribution in [0.2, 0.25) is 0 Å². The van der Waals surface area contributed by atoms with E-state index >= 15 is 0 Å². The molecule has 0 aromatic heterocycles. The Balaban J connectivity index is 1.67. The van der Waals surface area contributed by atoms with E-state index in [4.69, 9.17) is 9.47 Å². The fourth-order valence-corrected chi connectivity index (χ4v) is 4.22. The Morgan fingerprint density at radius 3 is 2.39 bits per heavy atom. The molecule has 33 heavy (non-hydrogen) atoms. The zero-order valence-electron chi connectivity index (χ0n) is 19.3. The van der Waals surface area contributed by atoms with Crippen molar-refractivity contribution in [1.82, 2.24) is 0 Å². The lowest BCUT2D eigenvalue weighted by Gasteiger charge is -2.32. The van der Waals surface area contributed by atoms with Crippen molar-refractivity contribution in [2.45, 2.75) is 25.7 Å². The van der Waals surface area contributed by atoms with Crippen molar-refractivity contribution < 1.29 is 19.1 Å². The number of anilines is 1. The summed E-state index contributed by atoms with van der Waals surface area (Å²) < 4.78 is 10.1. The fraction of sp³-hybridized carbons (Fsp3) is 0.214. The Labute approximate surface area is 194 Å². The first-order valence-corrected chi connectivity index (χ1v) is 10.8. The van der Waals surface area contributed by atoms with E-state index in [0.717, 1.165) is 23.1 Å². The van der Waals surface area contributed by atoms with Gasteiger partial charge in [-0.2, -0.15) is 0 Å². The molecule has 1 aliphatic rings. The summed E-state index contributed by atoms with van der Waals surface area (Å²) in [6, 6.07) is 21.0. The maximum absolute atomic E-state index is 13.1. The van der Waals surface area contributed by atoms with Crippen molar-refractivity contribution in [1.29, 1.82) is 0 Å². The van der Waals surface area contributed by atoms with Crippen LogP contribution in [0.1, 0.15) is 57.7 Å². The van der Waals surface area contributed by atoms with Crippen LogP contribution in [0.15, 0.2) is 72.8 Å². The van der Waals surface area contributed by atoms with Crippen molar-refractivity contribution in [3.8, 4) is 5.75 Å². The summed E-state index contributed by atoms with van der Waals surface area (Å²) >= 11 is 0. The minimum Gasteiger partial charge on any atom is -0.496 e. The highest BCUT2D eigenvalue weighted by Crippen LogP contribution is 2.41. The van der Waals surface area contributed by atoms with E-state index in [2.05, 4.69) is 43.4 Å². The van der Waals surface area contributed by atoms with Crippen molar-refractivity contribution >= 4 is 23.1 Å². The van der Waals surface area contributed by atoms with Gasteiger partial charge in [0.15, 0.2) is 0 Å². The van der Waals surface area contributed by atoms with Crippen LogP contribution in [0.25, 0.3) is 5.57 Å². The van der Waals surface area contributed by atoms with Crippen LogP contribution >= 0.6 is 0 Å². The molecular weight excluding hydrogens is 414 g/mol. The minimum absolute atomic E-state index is 0.0142. The van der Waals surface area contributed by atoms with Crippen LogP contribution < -0.4 is 10.1 Å². The Morgan fingerprint density at radius 1 is 0.939 bits per heavy atom. The highest BCUT2D eigenvalue weighted by atomic mass is 16.5. The highest BCUT2D eigenvalue weighted by molar-refractivity contribution is 6.05. The third kappa shape index (κ3) is 4.40. The topological polar surface area (TPSA) is 64.6 Å². The van der Waals surface area contributed by atoms with Gasteiger partial charge in [0.1, 0.15) is 11.3 Å². The van der Waals surface area contributed by atoms with Gasteiger partial charge in [-0.05, 0) is 58.4 Å². The second-order valence-corrected chi connectivity index (χ2v) is 8.69. The van der Waals surface area contributed by atoms with Crippen LogP contribution in [0.5, 0.6) is 5.75 Å². The SMILES string of the molecule is COC(=O)c1ccc(NC(=O)c2ccc3c(c2)C(c2ccccc2)=CCC3(C)C)cc1OC. The van der Waals surface area contributed by atoms with Crippen molar-refractivity contribution in [3.63, 3.8) is 0 Å². The third-order valence-electron chi connectivity index (χ3n) is 6.07. The summed E-state index contributed by atoms with van der Waals surface area (Å²) in [6.45, 7) is 4.44. The Bertz CT molecular complexity index is 1240. The number of hydrogen-bond acceptors (Lipinski definition) is 4. The van der Waals surface area contributed by atoms with E-state index in [1.165, 1.54) is 19.8 Å². The molecule has 0 saturated heterocycles. The number of fused-ring (bicyclic) bond motifs is 1. The lowest BCUT2D eigenvalue weighted by Crippen LogP contribution is -2.23. The second kappa shape index (κ2) is 8.94. The van der Waals surface area contributed by atoms with Gasteiger partial charge in [0.25, 0.3) is 5.91 Å². The van der Waals surface area contributed by atoms with Crippen molar-refractivity contribution in [2.75, 3.05) is 19.5 Å². The third-order valence-corrected chi connectivity index (χ3v) is 6.07. The molecule has 1 N–H and O–H groups in total. The van der Waals surface area contributed by atoms with Crippen LogP contribution in [-0.4, -0.2) is 26.1 Å². The molecule has 0 aliphatic heterocycles. The molecule has 0 radical (unpaired) electrons. The predicted octanol–water partition coefficient (Wildman–Crippen LogP) is 5.85. The molecule has 0 atom stereocenters. The smallest absolute Gasteiger partial charge is 0.341 e. The molecule has 5 heteroatoms. The number of ether oxygens (including phenoxy) is 2. The molecule has 1 aliphatic carbocycles. The molecule has 4 rings (SSSR count). The van der Waals surface area contributed by atoms with Gasteiger partial charge >= 0.3 is 5.97 Å². The zero-order valence-corrected chi connectivity index (χ0v) is 19.3. The van der Waals surface area contributed by atoms with Gasteiger partial charge in [0, 0.05) is 17.3 Å². The number of amides is 1. The minimum atomic E-state index is -0.498. The molecule has 0 saturated carbocycles. The van der Waals surface area contributed by atoms with Gasteiger partial charge in [-0.1, -0.05) is 56.3 Å². The Hall–Kier alpha value is -3.86.